The highest BCUT2D eigenvalue weighted by atomic mass is 16.6. The number of carbonyl (C=O) groups is 1. The van der Waals surface area contributed by atoms with Crippen molar-refractivity contribution in [3.05, 3.63) is 34.9 Å². The number of benzene rings is 1. The van der Waals surface area contributed by atoms with Crippen LogP contribution in [-0.2, 0) is 16.8 Å². The first kappa shape index (κ1) is 17.3. The number of aryl methyl sites for hydroxylation is 1. The summed E-state index contributed by atoms with van der Waals surface area (Å²) in [5.41, 5.74) is 2.53. The smallest absolute Gasteiger partial charge is 0.409 e. The van der Waals surface area contributed by atoms with Gasteiger partial charge >= 0.3 is 6.09 Å². The van der Waals surface area contributed by atoms with Crippen LogP contribution in [0, 0.1) is 18.3 Å². The van der Waals surface area contributed by atoms with Gasteiger partial charge in [0.25, 0.3) is 0 Å². The summed E-state index contributed by atoms with van der Waals surface area (Å²) >= 11 is 0. The predicted molar refractivity (Wildman–Crippen MR) is 93.9 cm³/mol. The summed E-state index contributed by atoms with van der Waals surface area (Å²) in [5, 5.41) is 11.8. The van der Waals surface area contributed by atoms with Crippen LogP contribution in [0.25, 0.3) is 0 Å². The summed E-state index contributed by atoms with van der Waals surface area (Å²) in [4.78, 5) is 13.7. The van der Waals surface area contributed by atoms with E-state index < -0.39 is 5.60 Å². The highest BCUT2D eigenvalue weighted by molar-refractivity contribution is 5.67. The maximum absolute atomic E-state index is 11.9. The average molecular weight is 331 g/mol. The third kappa shape index (κ3) is 2.61. The van der Waals surface area contributed by atoms with Crippen molar-refractivity contribution in [1.82, 2.24) is 4.90 Å². The van der Waals surface area contributed by atoms with Crippen molar-refractivity contribution < 1.29 is 14.6 Å². The lowest BCUT2D eigenvalue weighted by molar-refractivity contribution is -0.121. The first-order valence-electron chi connectivity index (χ1n) is 9.03. The number of likely N-dealkylation sites (tertiary alicyclic amines) is 1. The van der Waals surface area contributed by atoms with Crippen molar-refractivity contribution in [2.75, 3.05) is 19.7 Å². The molecular weight excluding hydrogens is 302 g/mol. The minimum Gasteiger partial charge on any atom is -0.450 e. The normalized spacial score (nSPS) is 26.3. The van der Waals surface area contributed by atoms with E-state index >= 15 is 0 Å². The van der Waals surface area contributed by atoms with Crippen molar-refractivity contribution in [2.45, 2.75) is 52.6 Å². The van der Waals surface area contributed by atoms with Crippen LogP contribution >= 0.6 is 0 Å². The van der Waals surface area contributed by atoms with Gasteiger partial charge in [0.2, 0.25) is 0 Å². The Labute approximate surface area is 144 Å². The van der Waals surface area contributed by atoms with Crippen LogP contribution in [-0.4, -0.2) is 35.8 Å². The number of piperidine rings is 1. The molecule has 1 atom stereocenters. The van der Waals surface area contributed by atoms with Crippen molar-refractivity contribution in [3.8, 4) is 0 Å². The van der Waals surface area contributed by atoms with E-state index in [1.165, 1.54) is 11.1 Å². The fourth-order valence-corrected chi connectivity index (χ4v) is 4.64. The van der Waals surface area contributed by atoms with Gasteiger partial charge in [0, 0.05) is 18.5 Å². The zero-order valence-corrected chi connectivity index (χ0v) is 15.3. The number of ether oxygens (including phenoxy) is 1. The van der Waals surface area contributed by atoms with Crippen LogP contribution in [0.15, 0.2) is 18.2 Å². The SMILES string of the molecule is CCOC(=O)N1CCC(C2(O)c3cc(C)ccc3CC2(C)C)CC1. The predicted octanol–water partition coefficient (Wildman–Crippen LogP) is 3.63. The van der Waals surface area contributed by atoms with E-state index in [1.54, 1.807) is 4.90 Å². The standard InChI is InChI=1S/C20H29NO3/c1-5-24-18(22)21-10-8-16(9-11-21)20(23)17-12-14(2)6-7-15(17)13-19(20,3)4/h6-7,12,16,23H,5,8-11,13H2,1-4H3. The summed E-state index contributed by atoms with van der Waals surface area (Å²) in [6.07, 6.45) is 2.29. The first-order chi connectivity index (χ1) is 11.3. The molecule has 1 unspecified atom stereocenters. The molecule has 1 amide bonds. The molecule has 0 spiro atoms. The molecule has 4 nitrogen and oxygen atoms in total. The minimum absolute atomic E-state index is 0.168. The van der Waals surface area contributed by atoms with Gasteiger partial charge < -0.3 is 14.7 Å². The molecule has 0 aromatic heterocycles. The van der Waals surface area contributed by atoms with Gasteiger partial charge in [-0.05, 0) is 50.2 Å². The third-order valence-corrected chi connectivity index (χ3v) is 5.95. The zero-order valence-electron chi connectivity index (χ0n) is 15.3. The first-order valence-corrected chi connectivity index (χ1v) is 9.03. The Morgan fingerprint density at radius 3 is 2.62 bits per heavy atom. The largest absolute Gasteiger partial charge is 0.450 e. The number of hydrogen-bond acceptors (Lipinski definition) is 3. The second-order valence-corrected chi connectivity index (χ2v) is 7.95. The Balaban J connectivity index is 1.84. The second kappa shape index (κ2) is 6.07. The highest BCUT2D eigenvalue weighted by Gasteiger charge is 2.55. The van der Waals surface area contributed by atoms with Gasteiger partial charge in [0.1, 0.15) is 0 Å². The molecule has 2 aliphatic rings. The molecule has 1 aliphatic carbocycles. The molecule has 3 rings (SSSR count). The lowest BCUT2D eigenvalue weighted by atomic mass is 9.65. The van der Waals surface area contributed by atoms with E-state index in [1.807, 2.05) is 6.92 Å². The zero-order chi connectivity index (χ0) is 17.5. The van der Waals surface area contributed by atoms with Crippen molar-refractivity contribution in [3.63, 3.8) is 0 Å². The molecule has 0 bridgehead atoms. The van der Waals surface area contributed by atoms with Crippen molar-refractivity contribution in [1.29, 1.82) is 0 Å². The fraction of sp³-hybridized carbons (Fsp3) is 0.650. The number of hydrogen-bond donors (Lipinski definition) is 1. The van der Waals surface area contributed by atoms with E-state index in [4.69, 9.17) is 4.74 Å². The Hall–Kier alpha value is -1.55. The third-order valence-electron chi connectivity index (χ3n) is 5.95. The number of rotatable bonds is 2. The van der Waals surface area contributed by atoms with E-state index in [0.717, 1.165) is 24.8 Å². The Morgan fingerprint density at radius 1 is 1.33 bits per heavy atom. The maximum atomic E-state index is 11.9. The molecule has 4 heteroatoms. The number of nitrogens with zero attached hydrogens (tertiary/aromatic N) is 1. The van der Waals surface area contributed by atoms with Gasteiger partial charge in [-0.15, -0.1) is 0 Å². The van der Waals surface area contributed by atoms with E-state index in [0.29, 0.717) is 19.7 Å². The average Bonchev–Trinajstić information content (AvgIpc) is 2.75. The van der Waals surface area contributed by atoms with Crippen LogP contribution in [0.1, 0.15) is 50.3 Å². The van der Waals surface area contributed by atoms with Crippen molar-refractivity contribution in [2.24, 2.45) is 11.3 Å². The maximum Gasteiger partial charge on any atom is 0.409 e. The summed E-state index contributed by atoms with van der Waals surface area (Å²) in [5.74, 6) is 0.168. The van der Waals surface area contributed by atoms with Gasteiger partial charge in [-0.1, -0.05) is 37.6 Å². The molecule has 1 heterocycles. The molecule has 1 aromatic carbocycles. The topological polar surface area (TPSA) is 49.8 Å². The van der Waals surface area contributed by atoms with Gasteiger partial charge in [0.05, 0.1) is 12.2 Å². The van der Waals surface area contributed by atoms with Crippen LogP contribution in [0.5, 0.6) is 0 Å². The van der Waals surface area contributed by atoms with E-state index in [2.05, 4.69) is 39.0 Å². The van der Waals surface area contributed by atoms with Crippen LogP contribution in [0.3, 0.4) is 0 Å². The lowest BCUT2D eigenvalue weighted by Crippen LogP contribution is -2.50. The Bertz CT molecular complexity index is 632. The van der Waals surface area contributed by atoms with Crippen LogP contribution in [0.2, 0.25) is 0 Å². The van der Waals surface area contributed by atoms with Gasteiger partial charge in [-0.25, -0.2) is 4.79 Å². The quantitative estimate of drug-likeness (QED) is 0.900. The van der Waals surface area contributed by atoms with E-state index in [-0.39, 0.29) is 17.4 Å². The molecule has 24 heavy (non-hydrogen) atoms. The van der Waals surface area contributed by atoms with Gasteiger partial charge in [0.15, 0.2) is 0 Å². The summed E-state index contributed by atoms with van der Waals surface area (Å²) in [7, 11) is 0. The van der Waals surface area contributed by atoms with Crippen LogP contribution in [0.4, 0.5) is 4.79 Å². The number of amides is 1. The number of aliphatic hydroxyl groups is 1. The highest BCUT2D eigenvalue weighted by Crippen LogP contribution is 2.56. The van der Waals surface area contributed by atoms with Crippen molar-refractivity contribution >= 4 is 6.09 Å². The molecule has 1 N–H and O–H groups in total. The van der Waals surface area contributed by atoms with Gasteiger partial charge in [-0.2, -0.15) is 0 Å². The minimum atomic E-state index is -0.824. The molecule has 1 aliphatic heterocycles. The molecule has 0 saturated carbocycles. The molecule has 1 saturated heterocycles. The van der Waals surface area contributed by atoms with Gasteiger partial charge in [-0.3, -0.25) is 0 Å². The molecule has 132 valence electrons. The Kier molecular flexibility index (Phi) is 4.37. The second-order valence-electron chi connectivity index (χ2n) is 7.95. The number of fused-ring (bicyclic) bond motifs is 1. The molecule has 1 fully saturated rings. The summed E-state index contributed by atoms with van der Waals surface area (Å²) < 4.78 is 5.10. The number of carbonyl (C=O) groups excluding carboxylic acids is 1. The summed E-state index contributed by atoms with van der Waals surface area (Å²) in [6.45, 7) is 9.96. The Morgan fingerprint density at radius 2 is 2.00 bits per heavy atom. The fourth-order valence-electron chi connectivity index (χ4n) is 4.64. The lowest BCUT2D eigenvalue weighted by Gasteiger charge is -2.46. The van der Waals surface area contributed by atoms with Crippen LogP contribution < -0.4 is 0 Å². The summed E-state index contributed by atoms with van der Waals surface area (Å²) in [6, 6.07) is 6.45. The molecule has 1 aromatic rings. The van der Waals surface area contributed by atoms with E-state index in [9.17, 15) is 9.90 Å². The monoisotopic (exact) mass is 331 g/mol. The molecular formula is C20H29NO3. The molecule has 0 radical (unpaired) electrons.